The first kappa shape index (κ1) is 24.1. The Kier molecular flexibility index (Phi) is 8.73. The van der Waals surface area contributed by atoms with E-state index in [-0.39, 0.29) is 0 Å². The fourth-order valence-electron chi connectivity index (χ4n) is 3.21. The summed E-state index contributed by atoms with van der Waals surface area (Å²) in [5, 5.41) is 21.6. The van der Waals surface area contributed by atoms with Gasteiger partial charge >= 0.3 is 0 Å². The molecular weight excluding hydrogens is 448 g/mol. The van der Waals surface area contributed by atoms with Crippen molar-refractivity contribution in [1.82, 2.24) is 9.97 Å². The topological polar surface area (TPSA) is 121 Å². The SMILES string of the molecule is CN=Cc1cc(-c2nc(SC[Si]CCOC)c(C#N)c(-c3ccccc3)c2C#N)cnc1N. The molecule has 0 spiro atoms. The number of nitrogens with zero attached hydrogens (tertiary/aromatic N) is 5. The number of nitrogen functional groups attached to an aromatic ring is 1. The van der Waals surface area contributed by atoms with E-state index in [1.807, 2.05) is 36.4 Å². The third-order valence-electron chi connectivity index (χ3n) is 4.74. The number of anilines is 1. The third-order valence-corrected chi connectivity index (χ3v) is 7.26. The van der Waals surface area contributed by atoms with Crippen LogP contribution in [0.5, 0.6) is 0 Å². The Morgan fingerprint density at radius 2 is 1.94 bits per heavy atom. The summed E-state index contributed by atoms with van der Waals surface area (Å²) in [6.07, 6.45) is 3.22. The zero-order valence-electron chi connectivity index (χ0n) is 18.4. The zero-order chi connectivity index (χ0) is 23.6. The minimum atomic E-state index is 0.329. The predicted octanol–water partition coefficient (Wildman–Crippen LogP) is 4.00. The Bertz CT molecular complexity index is 1230. The van der Waals surface area contributed by atoms with Gasteiger partial charge in [-0.05, 0) is 23.1 Å². The average Bonchev–Trinajstić information content (AvgIpc) is 2.85. The van der Waals surface area contributed by atoms with Crippen LogP contribution in [0.2, 0.25) is 6.04 Å². The second-order valence-electron chi connectivity index (χ2n) is 6.85. The Morgan fingerprint density at radius 3 is 2.61 bits per heavy atom. The molecule has 0 amide bonds. The van der Waals surface area contributed by atoms with Gasteiger partial charge in [0.25, 0.3) is 0 Å². The number of hydrogen-bond acceptors (Lipinski definition) is 8. The van der Waals surface area contributed by atoms with Gasteiger partial charge < -0.3 is 10.5 Å². The number of rotatable bonds is 9. The Balaban J connectivity index is 2.22. The van der Waals surface area contributed by atoms with E-state index in [0.29, 0.717) is 60.5 Å². The molecule has 2 aromatic heterocycles. The first-order valence-electron chi connectivity index (χ1n) is 10.1. The number of thioether (sulfide) groups is 1. The number of nitrogens with two attached hydrogens (primary N) is 1. The number of benzene rings is 1. The van der Waals surface area contributed by atoms with Crippen molar-refractivity contribution in [3.05, 3.63) is 59.3 Å². The summed E-state index contributed by atoms with van der Waals surface area (Å²) in [7, 11) is 4.00. The molecule has 2 N–H and O–H groups in total. The summed E-state index contributed by atoms with van der Waals surface area (Å²) in [6.45, 7) is 0.699. The molecule has 1 aromatic carbocycles. The maximum Gasteiger partial charge on any atom is 0.132 e. The molecule has 0 saturated heterocycles. The Morgan fingerprint density at radius 1 is 1.18 bits per heavy atom. The van der Waals surface area contributed by atoms with Gasteiger partial charge in [0.05, 0.1) is 26.3 Å². The maximum absolute atomic E-state index is 10.1. The number of ether oxygens (including phenoxy) is 1. The van der Waals surface area contributed by atoms with Gasteiger partial charge in [-0.25, -0.2) is 9.97 Å². The van der Waals surface area contributed by atoms with Crippen LogP contribution >= 0.6 is 11.8 Å². The van der Waals surface area contributed by atoms with E-state index in [0.717, 1.165) is 17.0 Å². The summed E-state index contributed by atoms with van der Waals surface area (Å²) in [6, 6.07) is 16.8. The molecule has 7 nitrogen and oxygen atoms in total. The molecule has 0 saturated carbocycles. The van der Waals surface area contributed by atoms with Crippen LogP contribution in [-0.2, 0) is 4.74 Å². The molecular formula is C24H22N6OSSi. The van der Waals surface area contributed by atoms with Gasteiger partial charge in [0.15, 0.2) is 0 Å². The zero-order valence-corrected chi connectivity index (χ0v) is 20.2. The number of methoxy groups -OCH3 is 1. The van der Waals surface area contributed by atoms with E-state index in [9.17, 15) is 10.5 Å². The monoisotopic (exact) mass is 470 g/mol. The molecule has 0 bridgehead atoms. The minimum absolute atomic E-state index is 0.329. The van der Waals surface area contributed by atoms with Crippen LogP contribution in [0.3, 0.4) is 0 Å². The van der Waals surface area contributed by atoms with Gasteiger partial charge in [-0.15, -0.1) is 11.8 Å². The summed E-state index contributed by atoms with van der Waals surface area (Å²) < 4.78 is 5.13. The predicted molar refractivity (Wildman–Crippen MR) is 133 cm³/mol. The highest BCUT2D eigenvalue weighted by Crippen LogP contribution is 2.38. The number of aliphatic imine (C=N–C) groups is 1. The van der Waals surface area contributed by atoms with Crippen LogP contribution in [0.15, 0.2) is 52.6 Å². The lowest BCUT2D eigenvalue weighted by Gasteiger charge is -2.15. The van der Waals surface area contributed by atoms with Crippen molar-refractivity contribution in [2.75, 3.05) is 31.9 Å². The van der Waals surface area contributed by atoms with Crippen LogP contribution in [0.25, 0.3) is 22.4 Å². The van der Waals surface area contributed by atoms with Gasteiger partial charge in [-0.1, -0.05) is 30.3 Å². The van der Waals surface area contributed by atoms with E-state index in [2.05, 4.69) is 22.1 Å². The number of aromatic nitrogens is 2. The molecule has 0 fully saturated rings. The molecule has 3 aromatic rings. The molecule has 9 heteroatoms. The van der Waals surface area contributed by atoms with Gasteiger partial charge in [0.1, 0.15) is 23.0 Å². The molecule has 0 unspecified atom stereocenters. The summed E-state index contributed by atoms with van der Waals surface area (Å²) >= 11 is 1.52. The van der Waals surface area contributed by atoms with Crippen molar-refractivity contribution >= 4 is 33.3 Å². The lowest BCUT2D eigenvalue weighted by molar-refractivity contribution is 0.215. The second kappa shape index (κ2) is 11.9. The van der Waals surface area contributed by atoms with Gasteiger partial charge in [0.2, 0.25) is 0 Å². The van der Waals surface area contributed by atoms with Crippen molar-refractivity contribution in [3.8, 4) is 34.5 Å². The maximum atomic E-state index is 10.1. The fraction of sp³-hybridized carbons (Fsp3) is 0.208. The van der Waals surface area contributed by atoms with Crippen molar-refractivity contribution in [2.45, 2.75) is 11.1 Å². The van der Waals surface area contributed by atoms with Gasteiger partial charge in [-0.2, -0.15) is 10.5 Å². The molecule has 0 aliphatic carbocycles. The largest absolute Gasteiger partial charge is 0.385 e. The quantitative estimate of drug-likeness (QED) is 0.217. The summed E-state index contributed by atoms with van der Waals surface area (Å²) in [5.74, 6) is 0.341. The Labute approximate surface area is 200 Å². The van der Waals surface area contributed by atoms with Gasteiger partial charge in [-0.3, -0.25) is 4.99 Å². The fourth-order valence-corrected chi connectivity index (χ4v) is 5.54. The standard InChI is InChI=1S/C24H22N6OSSi/c1-28-13-18-10-17(14-29-23(18)27)22-19(11-25)21(16-6-4-3-5-7-16)20(12-26)24(30-22)32-15-33-9-8-31-2/h3-7,10,13-14H,8-9,15H2,1-2H3,(H2,27,29). The number of hydrogen-bond donors (Lipinski definition) is 1. The number of nitriles is 2. The smallest absolute Gasteiger partial charge is 0.132 e. The lowest BCUT2D eigenvalue weighted by Crippen LogP contribution is -2.05. The van der Waals surface area contributed by atoms with Crippen molar-refractivity contribution in [2.24, 2.45) is 4.99 Å². The van der Waals surface area contributed by atoms with Crippen LogP contribution < -0.4 is 5.73 Å². The molecule has 164 valence electrons. The highest BCUT2D eigenvalue weighted by Gasteiger charge is 2.23. The van der Waals surface area contributed by atoms with Crippen molar-refractivity contribution in [3.63, 3.8) is 0 Å². The molecule has 3 rings (SSSR count). The number of pyridine rings is 2. The summed E-state index contributed by atoms with van der Waals surface area (Å²) in [4.78, 5) is 13.1. The first-order chi connectivity index (χ1) is 16.1. The second-order valence-corrected chi connectivity index (χ2v) is 9.68. The van der Waals surface area contributed by atoms with Crippen molar-refractivity contribution < 1.29 is 4.74 Å². The van der Waals surface area contributed by atoms with Crippen molar-refractivity contribution in [1.29, 1.82) is 10.5 Å². The van der Waals surface area contributed by atoms with E-state index < -0.39 is 0 Å². The van der Waals surface area contributed by atoms with Crippen LogP contribution in [0, 0.1) is 22.7 Å². The molecule has 2 heterocycles. The minimum Gasteiger partial charge on any atom is -0.385 e. The van der Waals surface area contributed by atoms with E-state index in [1.54, 1.807) is 26.6 Å². The highest BCUT2D eigenvalue weighted by atomic mass is 32.2. The molecule has 0 aliphatic heterocycles. The average molecular weight is 471 g/mol. The molecule has 33 heavy (non-hydrogen) atoms. The van der Waals surface area contributed by atoms with E-state index in [4.69, 9.17) is 15.5 Å². The van der Waals surface area contributed by atoms with Crippen LogP contribution in [0.4, 0.5) is 5.82 Å². The normalized spacial score (nSPS) is 10.8. The third kappa shape index (κ3) is 5.65. The van der Waals surface area contributed by atoms with E-state index >= 15 is 0 Å². The summed E-state index contributed by atoms with van der Waals surface area (Å²) in [5.41, 5.74) is 9.83. The molecule has 0 atom stereocenters. The van der Waals surface area contributed by atoms with Crippen LogP contribution in [-0.4, -0.2) is 51.8 Å². The molecule has 0 aliphatic rings. The van der Waals surface area contributed by atoms with Gasteiger partial charge in [0, 0.05) is 49.9 Å². The lowest BCUT2D eigenvalue weighted by atomic mass is 9.93. The first-order valence-corrected chi connectivity index (χ1v) is 12.5. The Hall–Kier alpha value is -3.50. The van der Waals surface area contributed by atoms with Crippen LogP contribution in [0.1, 0.15) is 16.7 Å². The van der Waals surface area contributed by atoms with E-state index in [1.165, 1.54) is 11.8 Å². The molecule has 2 radical (unpaired) electrons. The highest BCUT2D eigenvalue weighted by molar-refractivity contribution is 8.00.